The van der Waals surface area contributed by atoms with Gasteiger partial charge in [0.1, 0.15) is 0 Å². The average molecular weight is 461 g/mol. The van der Waals surface area contributed by atoms with Crippen molar-refractivity contribution in [1.29, 1.82) is 0 Å². The summed E-state index contributed by atoms with van der Waals surface area (Å²) in [5.41, 5.74) is 6.26. The molecule has 1 saturated heterocycles. The number of fused-ring (bicyclic) bond motifs is 3. The first-order chi connectivity index (χ1) is 16.4. The number of likely N-dealkylation sites (N-methyl/N-ethyl adjacent to an activating group) is 1. The zero-order valence-electron chi connectivity index (χ0n) is 20.1. The van der Waals surface area contributed by atoms with Gasteiger partial charge >= 0.3 is 0 Å². The zero-order chi connectivity index (χ0) is 23.8. The Kier molecular flexibility index (Phi) is 6.00. The molecule has 0 saturated carbocycles. The van der Waals surface area contributed by atoms with Gasteiger partial charge in [0.2, 0.25) is 0 Å². The predicted octanol–water partition coefficient (Wildman–Crippen LogP) is 3.47. The van der Waals surface area contributed by atoms with Gasteiger partial charge in [-0.2, -0.15) is 5.10 Å². The molecule has 2 N–H and O–H groups in total. The van der Waals surface area contributed by atoms with Crippen LogP contribution in [-0.2, 0) is 13.0 Å². The first-order valence-corrected chi connectivity index (χ1v) is 12.0. The summed E-state index contributed by atoms with van der Waals surface area (Å²) >= 11 is 0. The second-order valence-corrected chi connectivity index (χ2v) is 9.62. The Balaban J connectivity index is 1.40. The van der Waals surface area contributed by atoms with E-state index in [4.69, 9.17) is 0 Å². The van der Waals surface area contributed by atoms with Gasteiger partial charge in [0.15, 0.2) is 5.82 Å². The molecule has 0 unspecified atom stereocenters. The molecule has 2 aliphatic heterocycles. The number of aromatic nitrogens is 3. The monoisotopic (exact) mass is 460 g/mol. The maximum Gasteiger partial charge on any atom is 0.256 e. The largest absolute Gasteiger partial charge is 0.345 e. The summed E-state index contributed by atoms with van der Waals surface area (Å²) < 4.78 is 2.14. The third kappa shape index (κ3) is 4.37. The number of carbonyl (C=O) groups excluding carboxylic acids is 2. The van der Waals surface area contributed by atoms with Crippen molar-refractivity contribution in [3.8, 4) is 11.4 Å². The highest BCUT2D eigenvalue weighted by molar-refractivity contribution is 6.04. The highest BCUT2D eigenvalue weighted by Gasteiger charge is 2.26. The molecule has 0 bridgehead atoms. The van der Waals surface area contributed by atoms with E-state index in [1.165, 1.54) is 0 Å². The lowest BCUT2D eigenvalue weighted by molar-refractivity contribution is 0.0762. The van der Waals surface area contributed by atoms with Gasteiger partial charge in [0.05, 0.1) is 17.0 Å². The van der Waals surface area contributed by atoms with Gasteiger partial charge in [-0.15, -0.1) is 0 Å². The smallest absolute Gasteiger partial charge is 0.256 e. The fraction of sp³-hybridized carbons (Fsp3) is 0.423. The van der Waals surface area contributed by atoms with Crippen LogP contribution in [0.15, 0.2) is 30.5 Å². The molecule has 5 rings (SSSR count). The Morgan fingerprint density at radius 2 is 1.74 bits per heavy atom. The van der Waals surface area contributed by atoms with Crippen LogP contribution in [0.4, 0.5) is 5.82 Å². The minimum atomic E-state index is -0.164. The Morgan fingerprint density at radius 3 is 2.53 bits per heavy atom. The zero-order valence-corrected chi connectivity index (χ0v) is 20.1. The van der Waals surface area contributed by atoms with E-state index in [9.17, 15) is 9.59 Å². The predicted molar refractivity (Wildman–Crippen MR) is 132 cm³/mol. The number of aryl methyl sites for hydroxylation is 3. The number of carbonyl (C=O) groups is 2. The van der Waals surface area contributed by atoms with Gasteiger partial charge in [-0.05, 0) is 64.9 Å². The molecule has 3 aromatic rings. The number of anilines is 1. The fourth-order valence-electron chi connectivity index (χ4n) is 5.09. The summed E-state index contributed by atoms with van der Waals surface area (Å²) in [5, 5.41) is 10.6. The molecular formula is C26H32N6O2. The minimum absolute atomic E-state index is 0.0836. The molecule has 8 nitrogen and oxygen atoms in total. The first-order valence-electron chi connectivity index (χ1n) is 12.0. The molecule has 2 amide bonds. The molecule has 34 heavy (non-hydrogen) atoms. The van der Waals surface area contributed by atoms with Crippen LogP contribution in [0.1, 0.15) is 50.2 Å². The number of hydrogen-bond acceptors (Lipinski definition) is 4. The maximum atomic E-state index is 13.2. The second kappa shape index (κ2) is 9.10. The van der Waals surface area contributed by atoms with Crippen LogP contribution in [0.5, 0.6) is 0 Å². The number of H-pyrrole nitrogens is 1. The SMILES string of the molecule is Cc1cc(C)cc(C(=O)Nc2n[nH]c3c2CCCn2cc(C(=O)N4CCCN(C)CC4)cc2-3)c1. The maximum absolute atomic E-state index is 13.2. The van der Waals surface area contributed by atoms with Crippen LogP contribution in [0, 0.1) is 13.8 Å². The molecule has 0 radical (unpaired) electrons. The molecule has 0 aliphatic carbocycles. The molecule has 4 heterocycles. The summed E-state index contributed by atoms with van der Waals surface area (Å²) in [5.74, 6) is 0.486. The lowest BCUT2D eigenvalue weighted by Gasteiger charge is -2.19. The summed E-state index contributed by atoms with van der Waals surface area (Å²) in [4.78, 5) is 30.4. The number of aromatic amines is 1. The van der Waals surface area contributed by atoms with Crippen molar-refractivity contribution in [2.24, 2.45) is 0 Å². The van der Waals surface area contributed by atoms with Gasteiger partial charge in [-0.3, -0.25) is 14.7 Å². The standard InChI is InChI=1S/C26H32N6O2/c1-17-12-18(2)14-19(13-17)25(33)27-24-21-6-4-8-32-16-20(15-22(32)23(21)28-29-24)26(34)31-9-5-7-30(3)10-11-31/h12-16H,4-11H2,1-3H3,(H2,27,28,29,33). The number of rotatable bonds is 3. The van der Waals surface area contributed by atoms with E-state index in [2.05, 4.69) is 32.0 Å². The Labute approximate surface area is 199 Å². The molecular weight excluding hydrogens is 428 g/mol. The fourth-order valence-corrected chi connectivity index (χ4v) is 5.09. The van der Waals surface area contributed by atoms with E-state index < -0.39 is 0 Å². The van der Waals surface area contributed by atoms with Crippen LogP contribution in [0.2, 0.25) is 0 Å². The molecule has 0 spiro atoms. The first kappa shape index (κ1) is 22.4. The molecule has 8 heteroatoms. The van der Waals surface area contributed by atoms with Crippen molar-refractivity contribution in [3.63, 3.8) is 0 Å². The normalized spacial score (nSPS) is 16.4. The van der Waals surface area contributed by atoms with E-state index in [-0.39, 0.29) is 11.8 Å². The highest BCUT2D eigenvalue weighted by Crippen LogP contribution is 2.33. The van der Waals surface area contributed by atoms with E-state index in [0.29, 0.717) is 16.9 Å². The Morgan fingerprint density at radius 1 is 0.941 bits per heavy atom. The van der Waals surface area contributed by atoms with Crippen molar-refractivity contribution in [3.05, 3.63) is 58.3 Å². The van der Waals surface area contributed by atoms with E-state index in [1.807, 2.05) is 49.2 Å². The lowest BCUT2D eigenvalue weighted by atomic mass is 10.1. The third-order valence-electron chi connectivity index (χ3n) is 6.82. The molecule has 1 aromatic carbocycles. The van der Waals surface area contributed by atoms with Gasteiger partial charge in [-0.25, -0.2) is 0 Å². The number of nitrogens with one attached hydrogen (secondary N) is 2. The van der Waals surface area contributed by atoms with Gasteiger partial charge in [0.25, 0.3) is 11.8 Å². The molecule has 1 fully saturated rings. The van der Waals surface area contributed by atoms with Crippen molar-refractivity contribution < 1.29 is 9.59 Å². The molecule has 178 valence electrons. The van der Waals surface area contributed by atoms with Gasteiger partial charge < -0.3 is 19.7 Å². The number of amides is 2. The Hall–Kier alpha value is -3.39. The van der Waals surface area contributed by atoms with Crippen LogP contribution < -0.4 is 5.32 Å². The summed E-state index contributed by atoms with van der Waals surface area (Å²) in [7, 11) is 2.10. The summed E-state index contributed by atoms with van der Waals surface area (Å²) in [6.07, 6.45) is 4.67. The summed E-state index contributed by atoms with van der Waals surface area (Å²) in [6, 6.07) is 7.79. The van der Waals surface area contributed by atoms with E-state index in [0.717, 1.165) is 80.1 Å². The number of hydrogen-bond donors (Lipinski definition) is 2. The van der Waals surface area contributed by atoms with Gasteiger partial charge in [0, 0.05) is 43.5 Å². The van der Waals surface area contributed by atoms with Crippen molar-refractivity contribution in [2.75, 3.05) is 38.5 Å². The van der Waals surface area contributed by atoms with Crippen molar-refractivity contribution >= 4 is 17.6 Å². The van der Waals surface area contributed by atoms with E-state index in [1.54, 1.807) is 0 Å². The number of benzene rings is 1. The lowest BCUT2D eigenvalue weighted by Crippen LogP contribution is -2.34. The number of nitrogens with zero attached hydrogens (tertiary/aromatic N) is 4. The molecule has 0 atom stereocenters. The average Bonchev–Trinajstić information content (AvgIpc) is 3.26. The summed E-state index contributed by atoms with van der Waals surface area (Å²) in [6.45, 7) is 8.24. The van der Waals surface area contributed by atoms with Crippen molar-refractivity contribution in [2.45, 2.75) is 39.7 Å². The second-order valence-electron chi connectivity index (χ2n) is 9.62. The van der Waals surface area contributed by atoms with Crippen LogP contribution in [0.25, 0.3) is 11.4 Å². The van der Waals surface area contributed by atoms with Crippen LogP contribution >= 0.6 is 0 Å². The molecule has 2 aromatic heterocycles. The minimum Gasteiger partial charge on any atom is -0.345 e. The molecule has 2 aliphatic rings. The van der Waals surface area contributed by atoms with Gasteiger partial charge in [-0.1, -0.05) is 17.2 Å². The van der Waals surface area contributed by atoms with Crippen LogP contribution in [-0.4, -0.2) is 69.6 Å². The Bertz CT molecular complexity index is 1220. The third-order valence-corrected chi connectivity index (χ3v) is 6.82. The highest BCUT2D eigenvalue weighted by atomic mass is 16.2. The quantitative estimate of drug-likeness (QED) is 0.627. The topological polar surface area (TPSA) is 86.3 Å². The van der Waals surface area contributed by atoms with Crippen LogP contribution in [0.3, 0.4) is 0 Å². The van der Waals surface area contributed by atoms with E-state index >= 15 is 0 Å². The van der Waals surface area contributed by atoms with Crippen molar-refractivity contribution in [1.82, 2.24) is 24.6 Å².